The predicted octanol–water partition coefficient (Wildman–Crippen LogP) is 0.247. The van der Waals surface area contributed by atoms with E-state index in [2.05, 4.69) is 25.1 Å². The van der Waals surface area contributed by atoms with E-state index in [1.54, 1.807) is 0 Å². The number of piperidine rings is 1. The number of aromatic amines is 1. The van der Waals surface area contributed by atoms with Gasteiger partial charge in [-0.15, -0.1) is 0 Å². The van der Waals surface area contributed by atoms with Crippen LogP contribution in [0.3, 0.4) is 0 Å². The maximum atomic E-state index is 12.1. The van der Waals surface area contributed by atoms with Crippen LogP contribution in [0.15, 0.2) is 30.7 Å². The highest BCUT2D eigenvalue weighted by molar-refractivity contribution is 5.91. The Hall–Kier alpha value is -2.70. The highest BCUT2D eigenvalue weighted by Gasteiger charge is 2.41. The van der Waals surface area contributed by atoms with Crippen LogP contribution in [-0.4, -0.2) is 113 Å². The van der Waals surface area contributed by atoms with Crippen LogP contribution in [0, 0.1) is 0 Å². The lowest BCUT2D eigenvalue weighted by Crippen LogP contribution is -2.60. The molecule has 1 amide bonds. The Morgan fingerprint density at radius 3 is 2.81 bits per heavy atom. The van der Waals surface area contributed by atoms with E-state index < -0.39 is 11.7 Å². The molecule has 11 nitrogen and oxygen atoms in total. The molecular formula is C25H37N5O6. The van der Waals surface area contributed by atoms with Crippen molar-refractivity contribution in [3.63, 3.8) is 0 Å². The summed E-state index contributed by atoms with van der Waals surface area (Å²) in [5.41, 5.74) is -0.0470. The van der Waals surface area contributed by atoms with Crippen LogP contribution in [0.5, 0.6) is 11.5 Å². The van der Waals surface area contributed by atoms with Crippen LogP contribution >= 0.6 is 0 Å². The SMILES string of the molecule is CCOc1cc(CN2CC[C@@](O)(CNC(=O)c3cnc[nH]3)[C@H](O)C2)ccc1OCCN1CCOCC1. The molecule has 2 fully saturated rings. The van der Waals surface area contributed by atoms with Crippen LogP contribution < -0.4 is 14.8 Å². The fourth-order valence-corrected chi connectivity index (χ4v) is 4.49. The number of aliphatic hydroxyl groups excluding tert-OH is 1. The summed E-state index contributed by atoms with van der Waals surface area (Å²) < 4.78 is 17.2. The van der Waals surface area contributed by atoms with Crippen LogP contribution in [0.25, 0.3) is 0 Å². The van der Waals surface area contributed by atoms with E-state index in [0.717, 1.165) is 44.2 Å². The van der Waals surface area contributed by atoms with Crippen molar-refractivity contribution in [2.75, 3.05) is 65.7 Å². The van der Waals surface area contributed by atoms with Crippen LogP contribution in [-0.2, 0) is 11.3 Å². The van der Waals surface area contributed by atoms with Crippen molar-refractivity contribution in [1.29, 1.82) is 0 Å². The van der Waals surface area contributed by atoms with E-state index in [-0.39, 0.29) is 19.0 Å². The third-order valence-corrected chi connectivity index (χ3v) is 6.69. The number of ether oxygens (including phenoxy) is 3. The molecule has 3 heterocycles. The molecule has 0 spiro atoms. The fourth-order valence-electron chi connectivity index (χ4n) is 4.49. The predicted molar refractivity (Wildman–Crippen MR) is 132 cm³/mol. The van der Waals surface area contributed by atoms with Gasteiger partial charge >= 0.3 is 0 Å². The number of morpholine rings is 1. The van der Waals surface area contributed by atoms with E-state index in [4.69, 9.17) is 14.2 Å². The Morgan fingerprint density at radius 1 is 1.25 bits per heavy atom. The molecule has 2 aliphatic rings. The smallest absolute Gasteiger partial charge is 0.269 e. The van der Waals surface area contributed by atoms with E-state index in [1.807, 2.05) is 25.1 Å². The summed E-state index contributed by atoms with van der Waals surface area (Å²) in [4.78, 5) is 23.1. The minimum atomic E-state index is -1.39. The normalized spacial score (nSPS) is 23.4. The molecule has 11 heteroatoms. The number of amides is 1. The second-order valence-corrected chi connectivity index (χ2v) is 9.27. The maximum Gasteiger partial charge on any atom is 0.269 e. The molecule has 0 bridgehead atoms. The van der Waals surface area contributed by atoms with Crippen LogP contribution in [0.4, 0.5) is 0 Å². The summed E-state index contributed by atoms with van der Waals surface area (Å²) in [6, 6.07) is 5.91. The van der Waals surface area contributed by atoms with Gasteiger partial charge in [-0.05, 0) is 31.0 Å². The number of aromatic nitrogens is 2. The number of likely N-dealkylation sites (tertiary alicyclic amines) is 1. The highest BCUT2D eigenvalue weighted by atomic mass is 16.5. The average Bonchev–Trinajstić information content (AvgIpc) is 3.43. The number of carbonyl (C=O) groups excluding carboxylic acids is 1. The molecule has 1 aromatic carbocycles. The van der Waals surface area contributed by atoms with Crippen LogP contribution in [0.2, 0.25) is 0 Å². The van der Waals surface area contributed by atoms with Crippen molar-refractivity contribution in [3.05, 3.63) is 42.0 Å². The Labute approximate surface area is 211 Å². The minimum absolute atomic E-state index is 0.0369. The van der Waals surface area contributed by atoms with Gasteiger partial charge in [-0.2, -0.15) is 0 Å². The van der Waals surface area contributed by atoms with E-state index in [9.17, 15) is 15.0 Å². The zero-order valence-electron chi connectivity index (χ0n) is 20.8. The second kappa shape index (κ2) is 12.5. The molecule has 2 saturated heterocycles. The van der Waals surface area contributed by atoms with Gasteiger partial charge in [0.25, 0.3) is 5.91 Å². The first-order valence-corrected chi connectivity index (χ1v) is 12.5. The number of carbonyl (C=O) groups is 1. The van der Waals surface area contributed by atoms with Gasteiger partial charge in [-0.3, -0.25) is 14.6 Å². The van der Waals surface area contributed by atoms with Gasteiger partial charge in [0.15, 0.2) is 11.5 Å². The first kappa shape index (κ1) is 26.4. The van der Waals surface area contributed by atoms with E-state index >= 15 is 0 Å². The first-order valence-electron chi connectivity index (χ1n) is 12.5. The van der Waals surface area contributed by atoms with Gasteiger partial charge in [0.05, 0.1) is 38.4 Å². The number of H-pyrrole nitrogens is 1. The summed E-state index contributed by atoms with van der Waals surface area (Å²) in [6.45, 7) is 8.70. The number of benzene rings is 1. The Morgan fingerprint density at radius 2 is 2.08 bits per heavy atom. The molecule has 2 aliphatic heterocycles. The number of nitrogens with zero attached hydrogens (tertiary/aromatic N) is 3. The average molecular weight is 504 g/mol. The summed E-state index contributed by atoms with van der Waals surface area (Å²) in [5, 5.41) is 24.3. The Balaban J connectivity index is 1.28. The zero-order chi connectivity index (χ0) is 25.4. The molecule has 1 aromatic heterocycles. The number of nitrogens with one attached hydrogen (secondary N) is 2. The number of hydrogen-bond donors (Lipinski definition) is 4. The molecule has 0 saturated carbocycles. The van der Waals surface area contributed by atoms with Gasteiger partial charge < -0.3 is 34.7 Å². The number of imidazole rings is 1. The highest BCUT2D eigenvalue weighted by Crippen LogP contribution is 2.30. The molecule has 36 heavy (non-hydrogen) atoms. The lowest BCUT2D eigenvalue weighted by Gasteiger charge is -2.42. The topological polar surface area (TPSA) is 132 Å². The molecular weight excluding hydrogens is 466 g/mol. The van der Waals surface area contributed by atoms with Gasteiger partial charge in [0.2, 0.25) is 0 Å². The number of β-amino-alcohol motifs (C(OH)–C–C–N with tert-alkyl or cyclic N) is 1. The molecule has 198 valence electrons. The molecule has 0 radical (unpaired) electrons. The minimum Gasteiger partial charge on any atom is -0.490 e. The first-order chi connectivity index (χ1) is 17.5. The molecule has 4 N–H and O–H groups in total. The molecule has 2 atom stereocenters. The number of aliphatic hydroxyl groups is 2. The quantitative estimate of drug-likeness (QED) is 0.341. The standard InChI is InChI=1S/C25H37N5O6/c1-2-35-22-13-19(3-4-21(22)36-12-9-29-7-10-34-11-8-29)15-30-6-5-25(33,23(31)16-30)17-27-24(32)20-14-26-18-28-20/h3-4,13-14,18,23,31,33H,2,5-12,15-17H2,1H3,(H,26,28)(H,27,32)/t23-,25-/m1/s1. The van der Waals surface area contributed by atoms with Crippen LogP contribution in [0.1, 0.15) is 29.4 Å². The molecule has 0 aliphatic carbocycles. The largest absolute Gasteiger partial charge is 0.490 e. The maximum absolute atomic E-state index is 12.1. The third-order valence-electron chi connectivity index (χ3n) is 6.69. The molecule has 2 aromatic rings. The summed E-state index contributed by atoms with van der Waals surface area (Å²) in [7, 11) is 0. The lowest BCUT2D eigenvalue weighted by atomic mass is 9.88. The molecule has 0 unspecified atom stereocenters. The van der Waals surface area contributed by atoms with Gasteiger partial charge in [0.1, 0.15) is 17.9 Å². The van der Waals surface area contributed by atoms with E-state index in [1.165, 1.54) is 12.5 Å². The number of hydrogen-bond acceptors (Lipinski definition) is 9. The van der Waals surface area contributed by atoms with Gasteiger partial charge in [-0.25, -0.2) is 4.98 Å². The molecule has 4 rings (SSSR count). The Kier molecular flexibility index (Phi) is 9.16. The van der Waals surface area contributed by atoms with Crippen molar-refractivity contribution in [2.24, 2.45) is 0 Å². The Bertz CT molecular complexity index is 968. The van der Waals surface area contributed by atoms with Gasteiger partial charge in [0, 0.05) is 45.8 Å². The van der Waals surface area contributed by atoms with Crippen molar-refractivity contribution in [2.45, 2.75) is 31.6 Å². The lowest BCUT2D eigenvalue weighted by molar-refractivity contribution is -0.116. The van der Waals surface area contributed by atoms with Crippen molar-refractivity contribution in [3.8, 4) is 11.5 Å². The summed E-state index contributed by atoms with van der Waals surface area (Å²) in [5.74, 6) is 1.05. The zero-order valence-corrected chi connectivity index (χ0v) is 20.8. The summed E-state index contributed by atoms with van der Waals surface area (Å²) in [6.07, 6.45) is 2.16. The second-order valence-electron chi connectivity index (χ2n) is 9.27. The van der Waals surface area contributed by atoms with Crippen molar-refractivity contribution in [1.82, 2.24) is 25.1 Å². The monoisotopic (exact) mass is 503 g/mol. The summed E-state index contributed by atoms with van der Waals surface area (Å²) >= 11 is 0. The third kappa shape index (κ3) is 6.95. The number of rotatable bonds is 11. The van der Waals surface area contributed by atoms with Gasteiger partial charge in [-0.1, -0.05) is 6.07 Å². The van der Waals surface area contributed by atoms with Crippen molar-refractivity contribution < 1.29 is 29.2 Å². The fraction of sp³-hybridized carbons (Fsp3) is 0.600. The van der Waals surface area contributed by atoms with E-state index in [0.29, 0.717) is 44.2 Å². The van der Waals surface area contributed by atoms with Crippen molar-refractivity contribution >= 4 is 5.91 Å².